The molecule has 5 rings (SSSR count). The molecule has 0 saturated heterocycles. The maximum Gasteiger partial charge on any atom is 0.340 e. The Balaban J connectivity index is 1.87. The SMILES string of the molecule is O=C(O)c1[c]c2c(cc1)C1(OC2=O)c2ccc(O)cc2Oc2cc(O)ccc21. The van der Waals surface area contributed by atoms with Crippen LogP contribution in [0.4, 0.5) is 0 Å². The highest BCUT2D eigenvalue weighted by molar-refractivity contribution is 5.99. The van der Waals surface area contributed by atoms with Crippen molar-refractivity contribution in [3.05, 3.63) is 82.4 Å². The molecule has 0 aromatic heterocycles. The number of aromatic carboxylic acids is 1. The number of esters is 1. The van der Waals surface area contributed by atoms with Crippen molar-refractivity contribution in [3.8, 4) is 23.0 Å². The van der Waals surface area contributed by atoms with Gasteiger partial charge in [-0.15, -0.1) is 0 Å². The van der Waals surface area contributed by atoms with Gasteiger partial charge >= 0.3 is 11.9 Å². The van der Waals surface area contributed by atoms with Crippen molar-refractivity contribution < 1.29 is 34.4 Å². The van der Waals surface area contributed by atoms with Gasteiger partial charge in [0.05, 0.1) is 11.1 Å². The number of fused-ring (bicyclic) bond motifs is 6. The van der Waals surface area contributed by atoms with Crippen LogP contribution >= 0.6 is 0 Å². The molecule has 28 heavy (non-hydrogen) atoms. The Kier molecular flexibility index (Phi) is 3.04. The maximum atomic E-state index is 12.7. The highest BCUT2D eigenvalue weighted by atomic mass is 16.6. The number of carbonyl (C=O) groups is 2. The van der Waals surface area contributed by atoms with E-state index in [0.29, 0.717) is 16.7 Å². The highest BCUT2D eigenvalue weighted by Gasteiger charge is 2.53. The molecule has 1 spiro atoms. The van der Waals surface area contributed by atoms with Crippen LogP contribution in [0.2, 0.25) is 0 Å². The summed E-state index contributed by atoms with van der Waals surface area (Å²) in [6.07, 6.45) is 0. The van der Waals surface area contributed by atoms with Crippen LogP contribution in [0, 0.1) is 6.07 Å². The number of aromatic hydroxyl groups is 2. The standard InChI is InChI=1S/C21H11O7/c22-11-2-5-15-17(8-11)27-18-9-12(23)3-6-16(18)21(15)14-4-1-10(19(24)25)7-13(14)20(26)28-21/h1-6,8-9,22-23H,(H,24,25). The number of phenolic OH excluding ortho intramolecular Hbond substituents is 2. The fourth-order valence-corrected chi connectivity index (χ4v) is 3.75. The molecule has 2 aliphatic heterocycles. The summed E-state index contributed by atoms with van der Waals surface area (Å²) in [6, 6.07) is 14.3. The van der Waals surface area contributed by atoms with Crippen molar-refractivity contribution in [1.29, 1.82) is 0 Å². The average molecular weight is 375 g/mol. The summed E-state index contributed by atoms with van der Waals surface area (Å²) >= 11 is 0. The van der Waals surface area contributed by atoms with E-state index in [0.717, 1.165) is 0 Å². The summed E-state index contributed by atoms with van der Waals surface area (Å²) in [5, 5.41) is 28.9. The minimum absolute atomic E-state index is 0.0137. The van der Waals surface area contributed by atoms with E-state index in [1.807, 2.05) is 0 Å². The Hall–Kier alpha value is -4.00. The minimum Gasteiger partial charge on any atom is -0.508 e. The van der Waals surface area contributed by atoms with Gasteiger partial charge < -0.3 is 24.8 Å². The van der Waals surface area contributed by atoms with E-state index in [9.17, 15) is 24.9 Å². The van der Waals surface area contributed by atoms with Crippen LogP contribution in [0.25, 0.3) is 0 Å². The van der Waals surface area contributed by atoms with Gasteiger partial charge in [0.25, 0.3) is 0 Å². The van der Waals surface area contributed by atoms with Gasteiger partial charge in [-0.2, -0.15) is 0 Å². The normalized spacial score (nSPS) is 15.2. The molecular weight excluding hydrogens is 364 g/mol. The summed E-state index contributed by atoms with van der Waals surface area (Å²) in [6.45, 7) is 0. The number of carboxylic acids is 1. The lowest BCUT2D eigenvalue weighted by Gasteiger charge is -2.36. The molecule has 0 bridgehead atoms. The summed E-state index contributed by atoms with van der Waals surface area (Å²) in [5.74, 6) is -1.52. The highest BCUT2D eigenvalue weighted by Crippen LogP contribution is 2.56. The molecule has 137 valence electrons. The number of ether oxygens (including phenoxy) is 2. The summed E-state index contributed by atoms with van der Waals surface area (Å²) in [7, 11) is 0. The number of rotatable bonds is 1. The lowest BCUT2D eigenvalue weighted by molar-refractivity contribution is 0.0224. The third kappa shape index (κ3) is 1.98. The molecule has 3 aromatic carbocycles. The fraction of sp³-hybridized carbons (Fsp3) is 0.0476. The Morgan fingerprint density at radius 1 is 0.893 bits per heavy atom. The molecule has 0 fully saturated rings. The number of benzene rings is 3. The minimum atomic E-state index is -1.41. The largest absolute Gasteiger partial charge is 0.508 e. The van der Waals surface area contributed by atoms with Gasteiger partial charge in [-0.25, -0.2) is 9.59 Å². The molecule has 1 radical (unpaired) electrons. The smallest absolute Gasteiger partial charge is 0.340 e. The second kappa shape index (κ2) is 5.26. The fourth-order valence-electron chi connectivity index (χ4n) is 3.75. The van der Waals surface area contributed by atoms with E-state index in [-0.39, 0.29) is 34.1 Å². The first-order valence-electron chi connectivity index (χ1n) is 8.28. The zero-order valence-electron chi connectivity index (χ0n) is 14.1. The lowest BCUT2D eigenvalue weighted by atomic mass is 9.77. The topological polar surface area (TPSA) is 113 Å². The molecular formula is C21H11O7. The first-order chi connectivity index (χ1) is 13.4. The van der Waals surface area contributed by atoms with Gasteiger partial charge in [-0.1, -0.05) is 6.07 Å². The quantitative estimate of drug-likeness (QED) is 0.560. The van der Waals surface area contributed by atoms with Crippen LogP contribution in [0.1, 0.15) is 37.4 Å². The van der Waals surface area contributed by atoms with Crippen LogP contribution in [0.5, 0.6) is 23.0 Å². The third-order valence-electron chi connectivity index (χ3n) is 4.91. The van der Waals surface area contributed by atoms with E-state index in [2.05, 4.69) is 6.07 Å². The molecule has 2 heterocycles. The van der Waals surface area contributed by atoms with Gasteiger partial charge in [0, 0.05) is 34.9 Å². The predicted molar refractivity (Wildman–Crippen MR) is 93.8 cm³/mol. The zero-order chi connectivity index (χ0) is 19.6. The molecule has 0 atom stereocenters. The van der Waals surface area contributed by atoms with Gasteiger partial charge in [0.2, 0.25) is 0 Å². The van der Waals surface area contributed by atoms with Crippen molar-refractivity contribution in [2.75, 3.05) is 0 Å². The summed E-state index contributed by atoms with van der Waals surface area (Å²) < 4.78 is 11.6. The zero-order valence-corrected chi connectivity index (χ0v) is 14.1. The average Bonchev–Trinajstić information content (AvgIpc) is 2.94. The van der Waals surface area contributed by atoms with Crippen molar-refractivity contribution in [3.63, 3.8) is 0 Å². The van der Waals surface area contributed by atoms with Crippen LogP contribution < -0.4 is 4.74 Å². The lowest BCUT2D eigenvalue weighted by Crippen LogP contribution is -2.32. The third-order valence-corrected chi connectivity index (χ3v) is 4.91. The van der Waals surface area contributed by atoms with E-state index in [1.165, 1.54) is 36.4 Å². The molecule has 3 aromatic rings. The number of hydrogen-bond acceptors (Lipinski definition) is 6. The molecule has 3 N–H and O–H groups in total. The first kappa shape index (κ1) is 16.2. The number of phenols is 2. The first-order valence-corrected chi connectivity index (χ1v) is 8.28. The summed E-state index contributed by atoms with van der Waals surface area (Å²) in [4.78, 5) is 24.0. The number of hydrogen-bond donors (Lipinski definition) is 3. The second-order valence-electron chi connectivity index (χ2n) is 6.50. The monoisotopic (exact) mass is 375 g/mol. The van der Waals surface area contributed by atoms with Crippen LogP contribution in [-0.4, -0.2) is 27.3 Å². The molecule has 0 saturated carbocycles. The molecule has 0 aliphatic carbocycles. The molecule has 2 aliphatic rings. The van der Waals surface area contributed by atoms with Gasteiger partial charge in [-0.3, -0.25) is 0 Å². The predicted octanol–water partition coefficient (Wildman–Crippen LogP) is 3.16. The molecule has 0 amide bonds. The van der Waals surface area contributed by atoms with Crippen LogP contribution in [0.3, 0.4) is 0 Å². The van der Waals surface area contributed by atoms with E-state index >= 15 is 0 Å². The Labute approximate surface area is 158 Å². The van der Waals surface area contributed by atoms with Crippen molar-refractivity contribution in [2.24, 2.45) is 0 Å². The van der Waals surface area contributed by atoms with Gasteiger partial charge in [0.15, 0.2) is 5.60 Å². The van der Waals surface area contributed by atoms with Gasteiger partial charge in [-0.05, 0) is 30.3 Å². The number of carboxylic acid groups (broad SMARTS) is 1. The van der Waals surface area contributed by atoms with Crippen molar-refractivity contribution in [2.45, 2.75) is 5.60 Å². The van der Waals surface area contributed by atoms with E-state index in [4.69, 9.17) is 9.47 Å². The van der Waals surface area contributed by atoms with Gasteiger partial charge in [0.1, 0.15) is 23.0 Å². The molecule has 0 unspecified atom stereocenters. The number of carbonyl (C=O) groups excluding carboxylic acids is 1. The van der Waals surface area contributed by atoms with Crippen LogP contribution in [-0.2, 0) is 10.3 Å². The van der Waals surface area contributed by atoms with E-state index < -0.39 is 17.5 Å². The molecule has 7 nitrogen and oxygen atoms in total. The Morgan fingerprint density at radius 3 is 2.04 bits per heavy atom. The Morgan fingerprint density at radius 2 is 1.46 bits per heavy atom. The van der Waals surface area contributed by atoms with Crippen molar-refractivity contribution in [1.82, 2.24) is 0 Å². The Bertz CT molecular complexity index is 1140. The second-order valence-corrected chi connectivity index (χ2v) is 6.50. The van der Waals surface area contributed by atoms with E-state index in [1.54, 1.807) is 12.1 Å². The van der Waals surface area contributed by atoms with Crippen LogP contribution in [0.15, 0.2) is 48.5 Å². The summed E-state index contributed by atoms with van der Waals surface area (Å²) in [5.41, 5.74) is -0.218. The maximum absolute atomic E-state index is 12.7. The molecule has 7 heteroatoms. The van der Waals surface area contributed by atoms with Crippen molar-refractivity contribution >= 4 is 11.9 Å².